The smallest absolute Gasteiger partial charge is 0.340 e. The van der Waals surface area contributed by atoms with Gasteiger partial charge in [-0.25, -0.2) is 9.78 Å². The molecule has 18 heavy (non-hydrogen) atoms. The summed E-state index contributed by atoms with van der Waals surface area (Å²) in [6.45, 7) is 4.38. The highest BCUT2D eigenvalue weighted by atomic mass is 16.5. The number of nitrogens with zero attached hydrogens (tertiary/aromatic N) is 1. The summed E-state index contributed by atoms with van der Waals surface area (Å²) in [5, 5.41) is 3.05. The van der Waals surface area contributed by atoms with Crippen LogP contribution in [0.3, 0.4) is 0 Å². The van der Waals surface area contributed by atoms with E-state index in [0.717, 1.165) is 0 Å². The Morgan fingerprint density at radius 2 is 2.17 bits per heavy atom. The highest BCUT2D eigenvalue weighted by Crippen LogP contribution is 2.21. The van der Waals surface area contributed by atoms with Crippen LogP contribution in [-0.2, 0) is 9.47 Å². The molecule has 0 amide bonds. The van der Waals surface area contributed by atoms with E-state index in [1.54, 1.807) is 7.11 Å². The number of esters is 1. The van der Waals surface area contributed by atoms with Crippen molar-refractivity contribution >= 4 is 17.5 Å². The Morgan fingerprint density at radius 3 is 2.72 bits per heavy atom. The second-order valence-corrected chi connectivity index (χ2v) is 4.43. The molecular weight excluding hydrogens is 234 g/mol. The monoisotopic (exact) mass is 253 g/mol. The number of hydrogen-bond acceptors (Lipinski definition) is 6. The molecule has 0 saturated carbocycles. The molecule has 0 radical (unpaired) electrons. The summed E-state index contributed by atoms with van der Waals surface area (Å²) in [6.07, 6.45) is 1.50. The van der Waals surface area contributed by atoms with Gasteiger partial charge in [-0.1, -0.05) is 0 Å². The number of carbonyl (C=O) groups excluding carboxylic acids is 1. The van der Waals surface area contributed by atoms with E-state index in [4.69, 9.17) is 10.5 Å². The predicted molar refractivity (Wildman–Crippen MR) is 69.6 cm³/mol. The molecule has 1 aromatic heterocycles. The van der Waals surface area contributed by atoms with Crippen LogP contribution in [0.25, 0.3) is 0 Å². The normalized spacial score (nSPS) is 11.1. The van der Waals surface area contributed by atoms with Gasteiger partial charge in [0, 0.05) is 19.9 Å². The van der Waals surface area contributed by atoms with Crippen LogP contribution >= 0.6 is 0 Å². The molecule has 0 aromatic carbocycles. The first-order valence-electron chi connectivity index (χ1n) is 5.53. The lowest BCUT2D eigenvalue weighted by Gasteiger charge is -2.24. The van der Waals surface area contributed by atoms with Crippen molar-refractivity contribution in [2.24, 2.45) is 0 Å². The lowest BCUT2D eigenvalue weighted by Crippen LogP contribution is -2.32. The fraction of sp³-hybridized carbons (Fsp3) is 0.500. The van der Waals surface area contributed by atoms with Crippen molar-refractivity contribution in [1.82, 2.24) is 4.98 Å². The molecule has 0 aliphatic carbocycles. The van der Waals surface area contributed by atoms with E-state index in [9.17, 15) is 4.79 Å². The van der Waals surface area contributed by atoms with Gasteiger partial charge < -0.3 is 20.5 Å². The highest BCUT2D eigenvalue weighted by Gasteiger charge is 2.18. The van der Waals surface area contributed by atoms with Crippen molar-refractivity contribution in [3.63, 3.8) is 0 Å². The van der Waals surface area contributed by atoms with Gasteiger partial charge in [0.25, 0.3) is 0 Å². The van der Waals surface area contributed by atoms with E-state index in [1.807, 2.05) is 13.8 Å². The van der Waals surface area contributed by atoms with Gasteiger partial charge in [-0.3, -0.25) is 0 Å². The molecule has 0 aliphatic rings. The SMILES string of the molecule is COC(=O)c1ccnc(NCC(C)(C)OC)c1N. The molecule has 100 valence electrons. The third-order valence-corrected chi connectivity index (χ3v) is 2.63. The van der Waals surface area contributed by atoms with Gasteiger partial charge in [0.1, 0.15) is 5.82 Å². The average molecular weight is 253 g/mol. The van der Waals surface area contributed by atoms with Crippen LogP contribution in [0.15, 0.2) is 12.3 Å². The van der Waals surface area contributed by atoms with Gasteiger partial charge in [-0.15, -0.1) is 0 Å². The molecular formula is C12H19N3O3. The molecule has 1 rings (SSSR count). The van der Waals surface area contributed by atoms with Crippen LogP contribution in [0.1, 0.15) is 24.2 Å². The Morgan fingerprint density at radius 1 is 1.50 bits per heavy atom. The molecule has 6 nitrogen and oxygen atoms in total. The van der Waals surface area contributed by atoms with Crippen LogP contribution in [0.5, 0.6) is 0 Å². The van der Waals surface area contributed by atoms with Gasteiger partial charge in [-0.2, -0.15) is 0 Å². The quantitative estimate of drug-likeness (QED) is 0.769. The van der Waals surface area contributed by atoms with E-state index >= 15 is 0 Å². The summed E-state index contributed by atoms with van der Waals surface area (Å²) in [6, 6.07) is 1.52. The maximum absolute atomic E-state index is 11.5. The molecule has 0 spiro atoms. The summed E-state index contributed by atoms with van der Waals surface area (Å²) in [5.74, 6) is -0.0352. The first kappa shape index (κ1) is 14.2. The molecule has 0 unspecified atom stereocenters. The van der Waals surface area contributed by atoms with Crippen LogP contribution in [-0.4, -0.2) is 37.3 Å². The third-order valence-electron chi connectivity index (χ3n) is 2.63. The van der Waals surface area contributed by atoms with Gasteiger partial charge in [0.05, 0.1) is 24.0 Å². The summed E-state index contributed by atoms with van der Waals surface area (Å²) in [4.78, 5) is 15.6. The molecule has 0 bridgehead atoms. The molecule has 1 heterocycles. The zero-order valence-electron chi connectivity index (χ0n) is 11.1. The molecule has 3 N–H and O–H groups in total. The lowest BCUT2D eigenvalue weighted by molar-refractivity contribution is 0.0343. The Hall–Kier alpha value is -1.82. The van der Waals surface area contributed by atoms with Crippen LogP contribution in [0.2, 0.25) is 0 Å². The average Bonchev–Trinajstić information content (AvgIpc) is 2.36. The molecule has 0 saturated heterocycles. The van der Waals surface area contributed by atoms with E-state index in [-0.39, 0.29) is 11.3 Å². The highest BCUT2D eigenvalue weighted by molar-refractivity contribution is 5.97. The number of rotatable bonds is 5. The van der Waals surface area contributed by atoms with Crippen molar-refractivity contribution in [3.05, 3.63) is 17.8 Å². The van der Waals surface area contributed by atoms with E-state index in [1.165, 1.54) is 19.4 Å². The lowest BCUT2D eigenvalue weighted by atomic mass is 10.1. The largest absolute Gasteiger partial charge is 0.465 e. The number of hydrogen-bond donors (Lipinski definition) is 2. The number of nitrogens with two attached hydrogens (primary N) is 1. The first-order valence-corrected chi connectivity index (χ1v) is 5.53. The minimum absolute atomic E-state index is 0.274. The zero-order valence-corrected chi connectivity index (χ0v) is 11.1. The fourth-order valence-electron chi connectivity index (χ4n) is 1.27. The van der Waals surface area contributed by atoms with Gasteiger partial charge >= 0.3 is 5.97 Å². The number of methoxy groups -OCH3 is 2. The summed E-state index contributed by atoms with van der Waals surface area (Å²) < 4.78 is 9.91. The van der Waals surface area contributed by atoms with Crippen molar-refractivity contribution in [2.75, 3.05) is 31.8 Å². The standard InChI is InChI=1S/C12H19N3O3/c1-12(2,18-4)7-15-10-9(13)8(5-6-14-10)11(16)17-3/h5-6H,7,13H2,1-4H3,(H,14,15). The number of carbonyl (C=O) groups is 1. The number of anilines is 2. The van der Waals surface area contributed by atoms with Crippen LogP contribution in [0, 0.1) is 0 Å². The number of pyridine rings is 1. The third kappa shape index (κ3) is 3.33. The van der Waals surface area contributed by atoms with E-state index in [0.29, 0.717) is 17.9 Å². The molecule has 1 aromatic rings. The summed E-state index contributed by atoms with van der Waals surface area (Å²) in [7, 11) is 2.94. The summed E-state index contributed by atoms with van der Waals surface area (Å²) in [5.41, 5.74) is 6.08. The molecule has 0 atom stereocenters. The van der Waals surface area contributed by atoms with Crippen LogP contribution < -0.4 is 11.1 Å². The molecule has 0 aliphatic heterocycles. The second-order valence-electron chi connectivity index (χ2n) is 4.43. The van der Waals surface area contributed by atoms with Crippen molar-refractivity contribution in [1.29, 1.82) is 0 Å². The zero-order chi connectivity index (χ0) is 13.8. The van der Waals surface area contributed by atoms with Crippen LogP contribution in [0.4, 0.5) is 11.5 Å². The van der Waals surface area contributed by atoms with Gasteiger partial charge in [-0.05, 0) is 19.9 Å². The number of ether oxygens (including phenoxy) is 2. The fourth-order valence-corrected chi connectivity index (χ4v) is 1.27. The number of nitrogen functional groups attached to an aromatic ring is 1. The van der Waals surface area contributed by atoms with Crippen molar-refractivity contribution in [2.45, 2.75) is 19.4 Å². The second kappa shape index (κ2) is 5.68. The van der Waals surface area contributed by atoms with Gasteiger partial charge in [0.15, 0.2) is 0 Å². The maximum atomic E-state index is 11.5. The minimum Gasteiger partial charge on any atom is -0.465 e. The molecule has 0 fully saturated rings. The predicted octanol–water partition coefficient (Wildman–Crippen LogP) is 1.29. The Balaban J connectivity index is 2.88. The van der Waals surface area contributed by atoms with Crippen molar-refractivity contribution in [3.8, 4) is 0 Å². The molecule has 6 heteroatoms. The topological polar surface area (TPSA) is 86.5 Å². The Bertz CT molecular complexity index is 433. The number of nitrogens with one attached hydrogen (secondary N) is 1. The Labute approximate surface area is 106 Å². The van der Waals surface area contributed by atoms with E-state index in [2.05, 4.69) is 15.0 Å². The Kier molecular flexibility index (Phi) is 4.49. The van der Waals surface area contributed by atoms with Crippen molar-refractivity contribution < 1.29 is 14.3 Å². The number of aromatic nitrogens is 1. The maximum Gasteiger partial charge on any atom is 0.340 e. The minimum atomic E-state index is -0.482. The van der Waals surface area contributed by atoms with Gasteiger partial charge in [0.2, 0.25) is 0 Å². The van der Waals surface area contributed by atoms with E-state index < -0.39 is 5.97 Å². The first-order chi connectivity index (χ1) is 8.41. The summed E-state index contributed by atoms with van der Waals surface area (Å²) >= 11 is 0.